The van der Waals surface area contributed by atoms with Gasteiger partial charge in [-0.2, -0.15) is 0 Å². The molecule has 0 amide bonds. The summed E-state index contributed by atoms with van der Waals surface area (Å²) >= 11 is 0. The lowest BCUT2D eigenvalue weighted by molar-refractivity contribution is -0.103. The van der Waals surface area contributed by atoms with Crippen molar-refractivity contribution in [2.24, 2.45) is 5.41 Å². The zero-order valence-electron chi connectivity index (χ0n) is 11.9. The van der Waals surface area contributed by atoms with E-state index >= 15 is 0 Å². The molecule has 1 aliphatic rings. The minimum Gasteiger partial charge on any atom is -0.376 e. The molecule has 2 unspecified atom stereocenters. The fraction of sp³-hybridized carbons (Fsp3) is 1.00. The summed E-state index contributed by atoms with van der Waals surface area (Å²) in [6.07, 6.45) is 3.78. The summed E-state index contributed by atoms with van der Waals surface area (Å²) in [6, 6.07) is 0.439. The van der Waals surface area contributed by atoms with Gasteiger partial charge in [-0.1, -0.05) is 27.7 Å². The maximum absolute atomic E-state index is 5.81. The summed E-state index contributed by atoms with van der Waals surface area (Å²) < 4.78 is 11.3. The standard InChI is InChI=1S/C14H29NO2/c1-5-8-15-12(6-7-14(2,3)4)13-11-16-9-10-17-13/h12-13,15H,5-11H2,1-4H3. The average Bonchev–Trinajstić information content (AvgIpc) is 2.29. The van der Waals surface area contributed by atoms with Gasteiger partial charge in [-0.15, -0.1) is 0 Å². The van der Waals surface area contributed by atoms with E-state index in [0.717, 1.165) is 32.8 Å². The molecule has 0 radical (unpaired) electrons. The smallest absolute Gasteiger partial charge is 0.0962 e. The Morgan fingerprint density at radius 1 is 1.29 bits per heavy atom. The molecule has 1 N–H and O–H groups in total. The fourth-order valence-corrected chi connectivity index (χ4v) is 2.08. The summed E-state index contributed by atoms with van der Waals surface area (Å²) in [4.78, 5) is 0. The summed E-state index contributed by atoms with van der Waals surface area (Å²) in [5.74, 6) is 0. The van der Waals surface area contributed by atoms with Gasteiger partial charge in [0.15, 0.2) is 0 Å². The molecule has 0 saturated carbocycles. The number of hydrogen-bond acceptors (Lipinski definition) is 3. The molecule has 0 aliphatic carbocycles. The van der Waals surface area contributed by atoms with Gasteiger partial charge in [-0.05, 0) is 31.2 Å². The Morgan fingerprint density at radius 3 is 2.59 bits per heavy atom. The van der Waals surface area contributed by atoms with Gasteiger partial charge >= 0.3 is 0 Å². The van der Waals surface area contributed by atoms with E-state index in [0.29, 0.717) is 11.5 Å². The molecule has 3 heteroatoms. The van der Waals surface area contributed by atoms with E-state index in [1.165, 1.54) is 12.8 Å². The summed E-state index contributed by atoms with van der Waals surface area (Å²) in [6.45, 7) is 12.4. The van der Waals surface area contributed by atoms with Gasteiger partial charge in [-0.25, -0.2) is 0 Å². The van der Waals surface area contributed by atoms with Crippen molar-refractivity contribution in [1.82, 2.24) is 5.32 Å². The number of ether oxygens (including phenoxy) is 2. The molecular formula is C14H29NO2. The van der Waals surface area contributed by atoms with Gasteiger partial charge in [0.05, 0.1) is 25.9 Å². The molecule has 0 aromatic heterocycles. The molecule has 1 saturated heterocycles. The van der Waals surface area contributed by atoms with Crippen LogP contribution in [0.3, 0.4) is 0 Å². The third-order valence-corrected chi connectivity index (χ3v) is 3.15. The Hall–Kier alpha value is -0.120. The lowest BCUT2D eigenvalue weighted by atomic mass is 9.87. The van der Waals surface area contributed by atoms with Crippen LogP contribution < -0.4 is 5.32 Å². The highest BCUT2D eigenvalue weighted by Gasteiger charge is 2.25. The van der Waals surface area contributed by atoms with E-state index in [9.17, 15) is 0 Å². The molecule has 0 bridgehead atoms. The first kappa shape index (κ1) is 14.9. The predicted molar refractivity (Wildman–Crippen MR) is 71.3 cm³/mol. The van der Waals surface area contributed by atoms with Crippen LogP contribution in [-0.2, 0) is 9.47 Å². The van der Waals surface area contributed by atoms with Gasteiger partial charge in [0, 0.05) is 6.04 Å². The zero-order valence-corrected chi connectivity index (χ0v) is 11.9. The molecule has 0 spiro atoms. The van der Waals surface area contributed by atoms with Gasteiger partial charge in [0.1, 0.15) is 0 Å². The fourth-order valence-electron chi connectivity index (χ4n) is 2.08. The topological polar surface area (TPSA) is 30.5 Å². The molecule has 2 atom stereocenters. The molecule has 102 valence electrons. The zero-order chi connectivity index (χ0) is 12.7. The highest BCUT2D eigenvalue weighted by atomic mass is 16.6. The van der Waals surface area contributed by atoms with Crippen molar-refractivity contribution in [3.05, 3.63) is 0 Å². The largest absolute Gasteiger partial charge is 0.376 e. The number of hydrogen-bond donors (Lipinski definition) is 1. The monoisotopic (exact) mass is 243 g/mol. The summed E-state index contributed by atoms with van der Waals surface area (Å²) in [5, 5.41) is 3.61. The Kier molecular flexibility index (Phi) is 6.45. The van der Waals surface area contributed by atoms with E-state index in [2.05, 4.69) is 33.0 Å². The van der Waals surface area contributed by atoms with Crippen LogP contribution in [0.4, 0.5) is 0 Å². The minimum atomic E-state index is 0.234. The van der Waals surface area contributed by atoms with Crippen molar-refractivity contribution >= 4 is 0 Å². The molecule has 1 rings (SSSR count). The molecular weight excluding hydrogens is 214 g/mol. The highest BCUT2D eigenvalue weighted by Crippen LogP contribution is 2.23. The third kappa shape index (κ3) is 6.39. The SMILES string of the molecule is CCCNC(CCC(C)(C)C)C1COCCO1. The van der Waals surface area contributed by atoms with Crippen molar-refractivity contribution in [2.75, 3.05) is 26.4 Å². The van der Waals surface area contributed by atoms with Gasteiger partial charge in [0.25, 0.3) is 0 Å². The number of rotatable bonds is 6. The van der Waals surface area contributed by atoms with Crippen LogP contribution in [0.25, 0.3) is 0 Å². The van der Waals surface area contributed by atoms with Crippen molar-refractivity contribution in [3.63, 3.8) is 0 Å². The van der Waals surface area contributed by atoms with Crippen molar-refractivity contribution in [3.8, 4) is 0 Å². The van der Waals surface area contributed by atoms with E-state index in [-0.39, 0.29) is 6.10 Å². The lowest BCUT2D eigenvalue weighted by Gasteiger charge is -2.33. The summed E-state index contributed by atoms with van der Waals surface area (Å²) in [7, 11) is 0. The van der Waals surface area contributed by atoms with Crippen molar-refractivity contribution < 1.29 is 9.47 Å². The lowest BCUT2D eigenvalue weighted by Crippen LogP contribution is -2.47. The van der Waals surface area contributed by atoms with Gasteiger partial charge in [0.2, 0.25) is 0 Å². The van der Waals surface area contributed by atoms with Crippen LogP contribution in [0.2, 0.25) is 0 Å². The van der Waals surface area contributed by atoms with Crippen LogP contribution in [-0.4, -0.2) is 38.5 Å². The summed E-state index contributed by atoms with van der Waals surface area (Å²) in [5.41, 5.74) is 0.391. The second-order valence-corrected chi connectivity index (χ2v) is 6.14. The molecule has 1 heterocycles. The third-order valence-electron chi connectivity index (χ3n) is 3.15. The first-order valence-corrected chi connectivity index (χ1v) is 6.95. The maximum Gasteiger partial charge on any atom is 0.0962 e. The van der Waals surface area contributed by atoms with Crippen LogP contribution >= 0.6 is 0 Å². The molecule has 1 aliphatic heterocycles. The van der Waals surface area contributed by atoms with Gasteiger partial charge in [-0.3, -0.25) is 0 Å². The van der Waals surface area contributed by atoms with E-state index in [1.54, 1.807) is 0 Å². The van der Waals surface area contributed by atoms with Crippen LogP contribution in [0.5, 0.6) is 0 Å². The second-order valence-electron chi connectivity index (χ2n) is 6.14. The number of nitrogens with one attached hydrogen (secondary N) is 1. The van der Waals surface area contributed by atoms with Crippen molar-refractivity contribution in [1.29, 1.82) is 0 Å². The highest BCUT2D eigenvalue weighted by molar-refractivity contribution is 4.80. The molecule has 0 aromatic rings. The van der Waals surface area contributed by atoms with E-state index < -0.39 is 0 Å². The van der Waals surface area contributed by atoms with E-state index in [1.807, 2.05) is 0 Å². The molecule has 1 fully saturated rings. The van der Waals surface area contributed by atoms with Crippen LogP contribution in [0.15, 0.2) is 0 Å². The van der Waals surface area contributed by atoms with Crippen LogP contribution in [0.1, 0.15) is 47.0 Å². The molecule has 3 nitrogen and oxygen atoms in total. The Morgan fingerprint density at radius 2 is 2.06 bits per heavy atom. The van der Waals surface area contributed by atoms with Crippen molar-refractivity contribution in [2.45, 2.75) is 59.1 Å². The maximum atomic E-state index is 5.81. The minimum absolute atomic E-state index is 0.234. The quantitative estimate of drug-likeness (QED) is 0.778. The molecule has 0 aromatic carbocycles. The van der Waals surface area contributed by atoms with E-state index in [4.69, 9.17) is 9.47 Å². The van der Waals surface area contributed by atoms with Gasteiger partial charge < -0.3 is 14.8 Å². The average molecular weight is 243 g/mol. The Labute approximate surface area is 106 Å². The Bertz CT molecular complexity index is 195. The normalized spacial score (nSPS) is 23.6. The second kappa shape index (κ2) is 7.34. The first-order chi connectivity index (χ1) is 8.03. The predicted octanol–water partition coefficient (Wildman–Crippen LogP) is 2.60. The molecule has 17 heavy (non-hydrogen) atoms. The Balaban J connectivity index is 2.40. The first-order valence-electron chi connectivity index (χ1n) is 6.95. The van der Waals surface area contributed by atoms with Crippen LogP contribution in [0, 0.1) is 5.41 Å².